The van der Waals surface area contributed by atoms with E-state index < -0.39 is 10.0 Å². The van der Waals surface area contributed by atoms with Crippen LogP contribution in [0.4, 0.5) is 0 Å². The summed E-state index contributed by atoms with van der Waals surface area (Å²) in [6, 6.07) is 12.4. The van der Waals surface area contributed by atoms with Crippen LogP contribution in [0, 0.1) is 19.8 Å². The molecule has 1 amide bonds. The van der Waals surface area contributed by atoms with Gasteiger partial charge >= 0.3 is 0 Å². The Morgan fingerprint density at radius 3 is 2.48 bits per heavy atom. The molecule has 8 nitrogen and oxygen atoms in total. The Morgan fingerprint density at radius 2 is 1.85 bits per heavy atom. The fraction of sp³-hybridized carbons (Fsp3) is 0.348. The molecule has 1 aliphatic heterocycles. The zero-order valence-electron chi connectivity index (χ0n) is 18.4. The van der Waals surface area contributed by atoms with E-state index in [2.05, 4.69) is 15.5 Å². The van der Waals surface area contributed by atoms with Gasteiger partial charge in [0.05, 0.1) is 4.90 Å². The largest absolute Gasteiger partial charge is 0.352 e. The van der Waals surface area contributed by atoms with Crippen molar-refractivity contribution in [2.45, 2.75) is 38.1 Å². The maximum absolute atomic E-state index is 13.4. The highest BCUT2D eigenvalue weighted by atomic mass is 35.5. The van der Waals surface area contributed by atoms with E-state index in [-0.39, 0.29) is 29.8 Å². The summed E-state index contributed by atoms with van der Waals surface area (Å²) < 4.78 is 33.2. The van der Waals surface area contributed by atoms with E-state index in [0.717, 1.165) is 5.56 Å². The molecule has 0 saturated carbocycles. The summed E-state index contributed by atoms with van der Waals surface area (Å²) in [7, 11) is -3.72. The number of nitrogens with zero attached hydrogens (tertiary/aromatic N) is 3. The van der Waals surface area contributed by atoms with Crippen molar-refractivity contribution in [3.05, 3.63) is 64.5 Å². The molecule has 33 heavy (non-hydrogen) atoms. The van der Waals surface area contributed by atoms with Crippen LogP contribution in [0.25, 0.3) is 11.4 Å². The van der Waals surface area contributed by atoms with Gasteiger partial charge in [-0.25, -0.2) is 8.42 Å². The average molecular weight is 489 g/mol. The number of aromatic nitrogens is 2. The summed E-state index contributed by atoms with van der Waals surface area (Å²) in [5.74, 6) is 0.470. The van der Waals surface area contributed by atoms with Crippen LogP contribution in [0.15, 0.2) is 51.9 Å². The molecule has 0 spiro atoms. The second-order valence-corrected chi connectivity index (χ2v) is 10.5. The van der Waals surface area contributed by atoms with Crippen molar-refractivity contribution in [1.29, 1.82) is 0 Å². The van der Waals surface area contributed by atoms with Gasteiger partial charge in [-0.15, -0.1) is 0 Å². The quantitative estimate of drug-likeness (QED) is 0.566. The van der Waals surface area contributed by atoms with Gasteiger partial charge in [0.1, 0.15) is 0 Å². The highest BCUT2D eigenvalue weighted by Crippen LogP contribution is 2.29. The molecule has 0 bridgehead atoms. The van der Waals surface area contributed by atoms with Crippen molar-refractivity contribution < 1.29 is 17.7 Å². The number of aryl methyl sites for hydroxylation is 2. The van der Waals surface area contributed by atoms with Crippen molar-refractivity contribution in [3.8, 4) is 11.4 Å². The lowest BCUT2D eigenvalue weighted by Gasteiger charge is -2.31. The van der Waals surface area contributed by atoms with E-state index in [1.165, 1.54) is 4.31 Å². The van der Waals surface area contributed by atoms with Crippen molar-refractivity contribution in [2.24, 2.45) is 5.92 Å². The first-order chi connectivity index (χ1) is 15.7. The summed E-state index contributed by atoms with van der Waals surface area (Å²) in [6.07, 6.45) is 0.933. The number of carbonyl (C=O) groups is 1. The number of amides is 1. The molecular formula is C23H25ClN4O4S. The Kier molecular flexibility index (Phi) is 6.83. The number of halogens is 1. The summed E-state index contributed by atoms with van der Waals surface area (Å²) in [5, 5.41) is 7.46. The molecule has 1 saturated heterocycles. The van der Waals surface area contributed by atoms with E-state index in [9.17, 15) is 13.2 Å². The Bertz CT molecular complexity index is 1250. The molecule has 174 valence electrons. The first-order valence-corrected chi connectivity index (χ1v) is 12.5. The Hall–Kier alpha value is -2.75. The number of hydrogen-bond acceptors (Lipinski definition) is 6. The van der Waals surface area contributed by atoms with Gasteiger partial charge < -0.3 is 9.84 Å². The minimum Gasteiger partial charge on any atom is -0.352 e. The van der Waals surface area contributed by atoms with Crippen LogP contribution in [-0.4, -0.2) is 41.9 Å². The third-order valence-corrected chi connectivity index (χ3v) is 8.09. The van der Waals surface area contributed by atoms with Crippen molar-refractivity contribution in [3.63, 3.8) is 0 Å². The zero-order chi connectivity index (χ0) is 23.6. The number of benzene rings is 2. The molecule has 0 atom stereocenters. The van der Waals surface area contributed by atoms with E-state index in [1.807, 2.05) is 12.1 Å². The molecule has 2 heterocycles. The number of rotatable bonds is 6. The highest BCUT2D eigenvalue weighted by Gasteiger charge is 2.33. The van der Waals surface area contributed by atoms with Crippen LogP contribution >= 0.6 is 11.6 Å². The van der Waals surface area contributed by atoms with Gasteiger partial charge in [-0.05, 0) is 49.1 Å². The summed E-state index contributed by atoms with van der Waals surface area (Å²) in [4.78, 5) is 17.0. The second-order valence-electron chi connectivity index (χ2n) is 8.14. The van der Waals surface area contributed by atoms with E-state index in [1.54, 1.807) is 44.2 Å². The monoisotopic (exact) mass is 488 g/mol. The van der Waals surface area contributed by atoms with Crippen LogP contribution in [0.2, 0.25) is 5.02 Å². The lowest BCUT2D eigenvalue weighted by Crippen LogP contribution is -2.43. The fourth-order valence-corrected chi connectivity index (χ4v) is 5.71. The van der Waals surface area contributed by atoms with Gasteiger partial charge in [-0.3, -0.25) is 4.79 Å². The lowest BCUT2D eigenvalue weighted by atomic mass is 9.97. The van der Waals surface area contributed by atoms with Crippen molar-refractivity contribution >= 4 is 27.5 Å². The zero-order valence-corrected chi connectivity index (χ0v) is 20.0. The maximum atomic E-state index is 13.4. The summed E-state index contributed by atoms with van der Waals surface area (Å²) in [5.41, 5.74) is 2.18. The molecule has 10 heteroatoms. The predicted octanol–water partition coefficient (Wildman–Crippen LogP) is 3.72. The van der Waals surface area contributed by atoms with Gasteiger partial charge in [0.2, 0.25) is 27.6 Å². The fourth-order valence-electron chi connectivity index (χ4n) is 3.87. The molecule has 0 radical (unpaired) electrons. The molecule has 3 aromatic rings. The van der Waals surface area contributed by atoms with Gasteiger partial charge in [-0.2, -0.15) is 9.29 Å². The molecule has 1 aliphatic rings. The number of carbonyl (C=O) groups excluding carboxylic acids is 1. The average Bonchev–Trinajstić information content (AvgIpc) is 3.25. The third kappa shape index (κ3) is 5.26. The van der Waals surface area contributed by atoms with Gasteiger partial charge in [0.15, 0.2) is 0 Å². The van der Waals surface area contributed by atoms with Crippen molar-refractivity contribution in [1.82, 2.24) is 19.8 Å². The summed E-state index contributed by atoms with van der Waals surface area (Å²) >= 11 is 5.89. The maximum Gasteiger partial charge on any atom is 0.243 e. The van der Waals surface area contributed by atoms with Crippen LogP contribution in [-0.2, 0) is 21.4 Å². The Labute approximate surface area is 198 Å². The van der Waals surface area contributed by atoms with Crippen LogP contribution in [0.1, 0.15) is 29.9 Å². The molecule has 1 N–H and O–H groups in total. The van der Waals surface area contributed by atoms with E-state index >= 15 is 0 Å². The number of nitrogens with one attached hydrogen (secondary N) is 1. The summed E-state index contributed by atoms with van der Waals surface area (Å²) in [6.45, 7) is 4.42. The molecule has 1 aromatic heterocycles. The smallest absolute Gasteiger partial charge is 0.243 e. The number of sulfonamides is 1. The Morgan fingerprint density at radius 1 is 1.15 bits per heavy atom. The highest BCUT2D eigenvalue weighted by molar-refractivity contribution is 7.89. The lowest BCUT2D eigenvalue weighted by molar-refractivity contribution is -0.126. The number of piperidine rings is 1. The predicted molar refractivity (Wildman–Crippen MR) is 124 cm³/mol. The minimum atomic E-state index is -3.72. The second kappa shape index (κ2) is 9.62. The molecule has 4 rings (SSSR count). The van der Waals surface area contributed by atoms with Crippen LogP contribution in [0.5, 0.6) is 0 Å². The molecule has 0 aliphatic carbocycles. The van der Waals surface area contributed by atoms with Crippen LogP contribution < -0.4 is 5.32 Å². The first kappa shape index (κ1) is 23.4. The number of hydrogen-bond donors (Lipinski definition) is 1. The Balaban J connectivity index is 1.40. The van der Waals surface area contributed by atoms with Gasteiger partial charge in [-0.1, -0.05) is 41.0 Å². The van der Waals surface area contributed by atoms with E-state index in [0.29, 0.717) is 47.3 Å². The topological polar surface area (TPSA) is 105 Å². The normalized spacial score (nSPS) is 15.5. The molecule has 1 fully saturated rings. The molecule has 0 unspecified atom stereocenters. The standard InChI is InChI=1S/C23H25ClN4O4S/c1-15-3-6-19(22-26-16(2)32-27-22)13-21(15)33(30,31)28-11-9-18(10-12-28)23(29)25-14-17-4-7-20(24)8-5-17/h3-8,13,18H,9-12,14H2,1-2H3,(H,25,29). The third-order valence-electron chi connectivity index (χ3n) is 5.80. The van der Waals surface area contributed by atoms with Crippen molar-refractivity contribution in [2.75, 3.05) is 13.1 Å². The van der Waals surface area contributed by atoms with Crippen LogP contribution in [0.3, 0.4) is 0 Å². The molecule has 2 aromatic carbocycles. The first-order valence-electron chi connectivity index (χ1n) is 10.7. The van der Waals surface area contributed by atoms with E-state index in [4.69, 9.17) is 16.1 Å². The van der Waals surface area contributed by atoms with Gasteiger partial charge in [0.25, 0.3) is 0 Å². The minimum absolute atomic E-state index is 0.0624. The molecular weight excluding hydrogens is 464 g/mol. The van der Waals surface area contributed by atoms with Gasteiger partial charge in [0, 0.05) is 43.1 Å². The SMILES string of the molecule is Cc1nc(-c2ccc(C)c(S(=O)(=O)N3CCC(C(=O)NCc4ccc(Cl)cc4)CC3)c2)no1.